The molecule has 7 rings (SSSR count). The first-order valence-corrected chi connectivity index (χ1v) is 11.1. The van der Waals surface area contributed by atoms with Crippen molar-refractivity contribution in [2.24, 2.45) is 10.8 Å². The second-order valence-corrected chi connectivity index (χ2v) is 10.2. The molecule has 2 aromatic heterocycles. The van der Waals surface area contributed by atoms with Crippen molar-refractivity contribution in [1.82, 2.24) is 15.3 Å². The van der Waals surface area contributed by atoms with Gasteiger partial charge in [0.25, 0.3) is 0 Å². The molecule has 0 spiro atoms. The van der Waals surface area contributed by atoms with Crippen LogP contribution in [0.25, 0.3) is 11.1 Å². The summed E-state index contributed by atoms with van der Waals surface area (Å²) in [7, 11) is 0. The summed E-state index contributed by atoms with van der Waals surface area (Å²) in [4.78, 5) is 22.4. The average Bonchev–Trinajstić information content (AvgIpc) is 3.48. The van der Waals surface area contributed by atoms with E-state index in [0.717, 1.165) is 55.3 Å². The van der Waals surface area contributed by atoms with Crippen LogP contribution in [0.3, 0.4) is 0 Å². The van der Waals surface area contributed by atoms with E-state index in [1.54, 1.807) is 0 Å². The van der Waals surface area contributed by atoms with Crippen LogP contribution in [0.4, 0.5) is 0 Å². The quantitative estimate of drug-likeness (QED) is 0.803. The van der Waals surface area contributed by atoms with E-state index in [0.29, 0.717) is 5.92 Å². The maximum absolute atomic E-state index is 13.0. The number of carbonyl (C=O) groups is 1. The van der Waals surface area contributed by atoms with Crippen molar-refractivity contribution in [1.29, 1.82) is 5.26 Å². The summed E-state index contributed by atoms with van der Waals surface area (Å²) in [5.74, 6) is 0.783. The number of pyridine rings is 2. The Morgan fingerprint density at radius 3 is 2.47 bits per heavy atom. The SMILES string of the molecule is Cc1cc(C2CC2)ncc1-c1ccc(C2(NC(=O)C34CC(C#N)(C3)C4)CCC2)nc1. The van der Waals surface area contributed by atoms with Gasteiger partial charge in [-0.2, -0.15) is 5.26 Å². The molecule has 2 bridgehead atoms. The van der Waals surface area contributed by atoms with Gasteiger partial charge < -0.3 is 5.32 Å². The van der Waals surface area contributed by atoms with Crippen LogP contribution in [0.5, 0.6) is 0 Å². The van der Waals surface area contributed by atoms with Gasteiger partial charge in [-0.15, -0.1) is 0 Å². The zero-order valence-electron chi connectivity index (χ0n) is 17.4. The van der Waals surface area contributed by atoms with E-state index in [-0.39, 0.29) is 22.3 Å². The highest BCUT2D eigenvalue weighted by atomic mass is 16.2. The first kappa shape index (κ1) is 18.1. The molecule has 1 amide bonds. The fourth-order valence-electron chi connectivity index (χ4n) is 5.79. The average molecular weight is 399 g/mol. The van der Waals surface area contributed by atoms with Crippen LogP contribution < -0.4 is 5.32 Å². The molecule has 2 heterocycles. The van der Waals surface area contributed by atoms with Crippen LogP contribution in [0, 0.1) is 29.1 Å². The Kier molecular flexibility index (Phi) is 3.56. The number of amides is 1. The van der Waals surface area contributed by atoms with Gasteiger partial charge in [0.15, 0.2) is 0 Å². The van der Waals surface area contributed by atoms with E-state index in [4.69, 9.17) is 4.98 Å². The Labute approximate surface area is 176 Å². The van der Waals surface area contributed by atoms with Crippen LogP contribution in [0.1, 0.15) is 74.2 Å². The molecule has 0 aromatic carbocycles. The number of aryl methyl sites for hydroxylation is 1. The molecule has 5 saturated carbocycles. The lowest BCUT2D eigenvalue weighted by Crippen LogP contribution is -2.69. The fourth-order valence-corrected chi connectivity index (χ4v) is 5.79. The highest BCUT2D eigenvalue weighted by Crippen LogP contribution is 2.73. The van der Waals surface area contributed by atoms with Gasteiger partial charge in [0, 0.05) is 35.1 Å². The normalized spacial score (nSPS) is 30.3. The van der Waals surface area contributed by atoms with Crippen LogP contribution in [0.2, 0.25) is 0 Å². The van der Waals surface area contributed by atoms with Gasteiger partial charge in [0.05, 0.1) is 28.1 Å². The van der Waals surface area contributed by atoms with Gasteiger partial charge in [-0.3, -0.25) is 14.8 Å². The van der Waals surface area contributed by atoms with E-state index in [2.05, 4.69) is 41.5 Å². The van der Waals surface area contributed by atoms with E-state index in [9.17, 15) is 10.1 Å². The summed E-state index contributed by atoms with van der Waals surface area (Å²) in [5.41, 5.74) is 4.77. The molecule has 0 aliphatic heterocycles. The number of carbonyl (C=O) groups excluding carboxylic acids is 1. The minimum absolute atomic E-state index is 0.126. The Bertz CT molecular complexity index is 1070. The Balaban J connectivity index is 1.21. The van der Waals surface area contributed by atoms with Gasteiger partial charge in [0.2, 0.25) is 5.91 Å². The van der Waals surface area contributed by atoms with Crippen molar-refractivity contribution >= 4 is 5.91 Å². The van der Waals surface area contributed by atoms with E-state index < -0.39 is 0 Å². The smallest absolute Gasteiger partial charge is 0.227 e. The predicted octanol–water partition coefficient (Wildman–Crippen LogP) is 4.52. The molecule has 1 N–H and O–H groups in total. The lowest BCUT2D eigenvalue weighted by Gasteiger charge is -2.66. The predicted molar refractivity (Wildman–Crippen MR) is 112 cm³/mol. The lowest BCUT2D eigenvalue weighted by molar-refractivity contribution is -0.188. The van der Waals surface area contributed by atoms with E-state index in [1.807, 2.05) is 12.4 Å². The van der Waals surface area contributed by atoms with E-state index in [1.165, 1.54) is 24.1 Å². The third-order valence-electron chi connectivity index (χ3n) is 8.00. The minimum Gasteiger partial charge on any atom is -0.345 e. The van der Waals surface area contributed by atoms with Crippen molar-refractivity contribution in [3.8, 4) is 17.2 Å². The number of hydrogen-bond acceptors (Lipinski definition) is 4. The zero-order valence-corrected chi connectivity index (χ0v) is 17.4. The van der Waals surface area contributed by atoms with Gasteiger partial charge in [-0.25, -0.2) is 0 Å². The van der Waals surface area contributed by atoms with Crippen LogP contribution in [-0.2, 0) is 10.3 Å². The summed E-state index contributed by atoms with van der Waals surface area (Å²) in [6.07, 6.45) is 11.6. The maximum Gasteiger partial charge on any atom is 0.227 e. The molecule has 0 radical (unpaired) electrons. The number of nitrogens with one attached hydrogen (secondary N) is 1. The molecule has 5 aliphatic carbocycles. The third kappa shape index (κ3) is 2.49. The number of hydrogen-bond donors (Lipinski definition) is 1. The third-order valence-corrected chi connectivity index (χ3v) is 8.00. The Morgan fingerprint density at radius 1 is 1.17 bits per heavy atom. The van der Waals surface area contributed by atoms with Crippen molar-refractivity contribution in [2.75, 3.05) is 0 Å². The van der Waals surface area contributed by atoms with Crippen molar-refractivity contribution in [3.05, 3.63) is 47.5 Å². The summed E-state index contributed by atoms with van der Waals surface area (Å²) in [6, 6.07) is 8.79. The van der Waals surface area contributed by atoms with Gasteiger partial charge >= 0.3 is 0 Å². The van der Waals surface area contributed by atoms with Gasteiger partial charge in [-0.1, -0.05) is 6.07 Å². The van der Waals surface area contributed by atoms with Crippen molar-refractivity contribution < 1.29 is 4.79 Å². The number of nitrogens with zero attached hydrogens (tertiary/aromatic N) is 3. The number of aromatic nitrogens is 2. The number of nitriles is 1. The first-order valence-electron chi connectivity index (χ1n) is 11.1. The van der Waals surface area contributed by atoms with Gasteiger partial charge in [0.1, 0.15) is 0 Å². The van der Waals surface area contributed by atoms with Crippen LogP contribution in [-0.4, -0.2) is 15.9 Å². The Hall–Kier alpha value is -2.74. The molecule has 5 fully saturated rings. The summed E-state index contributed by atoms with van der Waals surface area (Å²) in [6.45, 7) is 2.14. The first-order chi connectivity index (χ1) is 14.5. The molecule has 2 aromatic rings. The van der Waals surface area contributed by atoms with E-state index >= 15 is 0 Å². The standard InChI is InChI=1S/C25H26N4O/c1-16-9-20(17-3-4-17)27-11-19(16)18-5-6-21(28-10-18)25(7-2-8-25)29-22(30)24-12-23(13-24,14-24)15-26/h5-6,9-11,17H,2-4,7-8,12-14H2,1H3,(H,29,30). The molecule has 0 saturated heterocycles. The van der Waals surface area contributed by atoms with Crippen LogP contribution in [0.15, 0.2) is 30.6 Å². The summed E-state index contributed by atoms with van der Waals surface area (Å²) in [5, 5.41) is 12.6. The largest absolute Gasteiger partial charge is 0.345 e. The van der Waals surface area contributed by atoms with Crippen LogP contribution >= 0.6 is 0 Å². The molecule has 152 valence electrons. The minimum atomic E-state index is -0.339. The molecule has 5 nitrogen and oxygen atoms in total. The molecule has 0 unspecified atom stereocenters. The highest BCUT2D eigenvalue weighted by Gasteiger charge is 2.72. The second kappa shape index (κ2) is 5.91. The maximum atomic E-state index is 13.0. The zero-order chi connectivity index (χ0) is 20.6. The molecule has 30 heavy (non-hydrogen) atoms. The second-order valence-electron chi connectivity index (χ2n) is 10.2. The Morgan fingerprint density at radius 2 is 1.93 bits per heavy atom. The summed E-state index contributed by atoms with van der Waals surface area (Å²) < 4.78 is 0. The highest BCUT2D eigenvalue weighted by molar-refractivity contribution is 5.87. The summed E-state index contributed by atoms with van der Waals surface area (Å²) >= 11 is 0. The molecule has 0 atom stereocenters. The van der Waals surface area contributed by atoms with Gasteiger partial charge in [-0.05, 0) is 76.0 Å². The molecule has 5 aliphatic rings. The topological polar surface area (TPSA) is 78.7 Å². The van der Waals surface area contributed by atoms with Crippen molar-refractivity contribution in [2.45, 2.75) is 69.7 Å². The number of rotatable bonds is 5. The van der Waals surface area contributed by atoms with Crippen molar-refractivity contribution in [3.63, 3.8) is 0 Å². The molecule has 5 heteroatoms. The lowest BCUT2D eigenvalue weighted by atomic mass is 9.35. The molecular formula is C25H26N4O. The monoisotopic (exact) mass is 398 g/mol. The fraction of sp³-hybridized carbons (Fsp3) is 0.520. The molecular weight excluding hydrogens is 372 g/mol.